The van der Waals surface area contributed by atoms with E-state index in [0.717, 1.165) is 25.7 Å². The molecule has 0 aromatic heterocycles. The lowest BCUT2D eigenvalue weighted by atomic mass is 9.74. The quantitative estimate of drug-likeness (QED) is 0.757. The summed E-state index contributed by atoms with van der Waals surface area (Å²) < 4.78 is 25.7. The van der Waals surface area contributed by atoms with E-state index in [2.05, 4.69) is 5.32 Å². The van der Waals surface area contributed by atoms with Crippen LogP contribution in [0.3, 0.4) is 0 Å². The summed E-state index contributed by atoms with van der Waals surface area (Å²) >= 11 is 0. The van der Waals surface area contributed by atoms with Crippen LogP contribution in [0.25, 0.3) is 0 Å². The molecule has 0 spiro atoms. The molecule has 3 N–H and O–H groups in total. The van der Waals surface area contributed by atoms with Crippen LogP contribution in [0.15, 0.2) is 0 Å². The Bertz CT molecular complexity index is 517. The molecule has 2 unspecified atom stereocenters. The maximum atomic E-state index is 12.5. The zero-order chi connectivity index (χ0) is 17.1. The van der Waals surface area contributed by atoms with E-state index in [1.807, 2.05) is 13.8 Å². The van der Waals surface area contributed by atoms with Gasteiger partial charge in [-0.3, -0.25) is 4.79 Å². The number of halogens is 1. The molecule has 1 aliphatic carbocycles. The van der Waals surface area contributed by atoms with Crippen LogP contribution in [0.4, 0.5) is 0 Å². The fourth-order valence-electron chi connectivity index (χ4n) is 3.76. The van der Waals surface area contributed by atoms with Crippen LogP contribution in [-0.2, 0) is 14.8 Å². The molecule has 1 heterocycles. The van der Waals surface area contributed by atoms with Crippen LogP contribution in [0.2, 0.25) is 0 Å². The predicted molar refractivity (Wildman–Crippen MR) is 98.6 cm³/mol. The molecular weight excluding hydrogens is 350 g/mol. The molecule has 1 aliphatic heterocycles. The van der Waals surface area contributed by atoms with Gasteiger partial charge in [0, 0.05) is 24.7 Å². The first kappa shape index (κ1) is 21.7. The largest absolute Gasteiger partial charge is 0.353 e. The molecule has 0 radical (unpaired) electrons. The molecule has 1 saturated heterocycles. The molecule has 2 rings (SSSR count). The normalized spacial score (nSPS) is 29.7. The fraction of sp³-hybridized carbons (Fsp3) is 0.938. The van der Waals surface area contributed by atoms with E-state index >= 15 is 0 Å². The molecule has 0 aromatic rings. The maximum absolute atomic E-state index is 12.5. The second-order valence-corrected chi connectivity index (χ2v) is 9.39. The van der Waals surface area contributed by atoms with Crippen LogP contribution >= 0.6 is 12.4 Å². The van der Waals surface area contributed by atoms with Crippen molar-refractivity contribution >= 4 is 28.3 Å². The van der Waals surface area contributed by atoms with Crippen molar-refractivity contribution in [3.8, 4) is 0 Å². The number of carbonyl (C=O) groups is 1. The van der Waals surface area contributed by atoms with Gasteiger partial charge in [0.2, 0.25) is 15.9 Å². The van der Waals surface area contributed by atoms with E-state index in [4.69, 9.17) is 5.73 Å². The Morgan fingerprint density at radius 2 is 1.88 bits per heavy atom. The van der Waals surface area contributed by atoms with Crippen molar-refractivity contribution in [2.24, 2.45) is 11.7 Å². The fourth-order valence-corrected chi connectivity index (χ4v) is 5.30. The average Bonchev–Trinajstić information content (AvgIpc) is 2.47. The smallest absolute Gasteiger partial charge is 0.225 e. The van der Waals surface area contributed by atoms with Crippen LogP contribution < -0.4 is 11.1 Å². The molecule has 6 nitrogen and oxygen atoms in total. The second-order valence-electron chi connectivity index (χ2n) is 7.30. The zero-order valence-electron chi connectivity index (χ0n) is 14.8. The highest BCUT2D eigenvalue weighted by Gasteiger charge is 2.39. The summed E-state index contributed by atoms with van der Waals surface area (Å²) in [6.07, 6.45) is 5.88. The lowest BCUT2D eigenvalue weighted by molar-refractivity contribution is -0.129. The van der Waals surface area contributed by atoms with Gasteiger partial charge in [-0.05, 0) is 39.0 Å². The third-order valence-corrected chi connectivity index (χ3v) is 7.30. The van der Waals surface area contributed by atoms with Crippen LogP contribution in [0, 0.1) is 5.92 Å². The van der Waals surface area contributed by atoms with E-state index in [1.165, 1.54) is 0 Å². The van der Waals surface area contributed by atoms with Gasteiger partial charge < -0.3 is 11.1 Å². The van der Waals surface area contributed by atoms with Crippen LogP contribution in [0.1, 0.15) is 58.8 Å². The molecule has 2 aliphatic rings. The van der Waals surface area contributed by atoms with Gasteiger partial charge in [-0.15, -0.1) is 12.4 Å². The number of hydrogen-bond donors (Lipinski definition) is 2. The van der Waals surface area contributed by atoms with E-state index in [-0.39, 0.29) is 36.0 Å². The highest BCUT2D eigenvalue weighted by Crippen LogP contribution is 2.32. The van der Waals surface area contributed by atoms with Crippen molar-refractivity contribution in [3.05, 3.63) is 0 Å². The van der Waals surface area contributed by atoms with Gasteiger partial charge in [-0.1, -0.05) is 19.8 Å². The van der Waals surface area contributed by atoms with Crippen molar-refractivity contribution < 1.29 is 13.2 Å². The Morgan fingerprint density at radius 1 is 1.25 bits per heavy atom. The number of piperidine rings is 1. The lowest BCUT2D eigenvalue weighted by Crippen LogP contribution is -2.55. The zero-order valence-corrected chi connectivity index (χ0v) is 16.4. The number of sulfonamides is 1. The van der Waals surface area contributed by atoms with Crippen molar-refractivity contribution in [2.75, 3.05) is 18.8 Å². The molecule has 1 amide bonds. The molecule has 24 heavy (non-hydrogen) atoms. The number of nitrogens with two attached hydrogens (primary N) is 1. The van der Waals surface area contributed by atoms with Gasteiger partial charge in [0.1, 0.15) is 0 Å². The maximum Gasteiger partial charge on any atom is 0.225 e. The number of amides is 1. The van der Waals surface area contributed by atoms with E-state index < -0.39 is 15.6 Å². The van der Waals surface area contributed by atoms with Gasteiger partial charge in [0.15, 0.2) is 0 Å². The van der Waals surface area contributed by atoms with Crippen LogP contribution in [0.5, 0.6) is 0 Å². The van der Waals surface area contributed by atoms with E-state index in [9.17, 15) is 13.2 Å². The van der Waals surface area contributed by atoms with Crippen molar-refractivity contribution in [3.63, 3.8) is 0 Å². The minimum Gasteiger partial charge on any atom is -0.353 e. The Morgan fingerprint density at radius 3 is 2.42 bits per heavy atom. The molecule has 0 aromatic carbocycles. The number of hydrogen-bond acceptors (Lipinski definition) is 4. The number of rotatable bonds is 5. The predicted octanol–water partition coefficient (Wildman–Crippen LogP) is 1.64. The van der Waals surface area contributed by atoms with Gasteiger partial charge in [-0.2, -0.15) is 0 Å². The summed E-state index contributed by atoms with van der Waals surface area (Å²) in [6.45, 7) is 4.84. The molecule has 2 fully saturated rings. The first-order valence-electron chi connectivity index (χ1n) is 8.83. The Balaban J connectivity index is 0.00000288. The number of carbonyl (C=O) groups excluding carboxylic acids is 1. The Kier molecular flexibility index (Phi) is 7.97. The molecular formula is C16H32ClN3O3S. The summed E-state index contributed by atoms with van der Waals surface area (Å²) in [5.74, 6) is 0.125. The topological polar surface area (TPSA) is 92.5 Å². The van der Waals surface area contributed by atoms with Gasteiger partial charge in [-0.25, -0.2) is 12.7 Å². The summed E-state index contributed by atoms with van der Waals surface area (Å²) in [5, 5.41) is 3.11. The molecule has 142 valence electrons. The standard InChI is InChI=1S/C16H31N3O3S.ClH/c1-3-12-23(21,22)19-10-7-13(8-11-19)18-15(20)14-6-4-5-9-16(14,2)17;/h13-14H,3-12,17H2,1-2H3,(H,18,20);1H. The van der Waals surface area contributed by atoms with E-state index in [0.29, 0.717) is 32.4 Å². The lowest BCUT2D eigenvalue weighted by Gasteiger charge is -2.39. The van der Waals surface area contributed by atoms with Crippen LogP contribution in [-0.4, -0.2) is 49.1 Å². The Labute approximate surface area is 152 Å². The van der Waals surface area contributed by atoms with Gasteiger partial charge in [0.05, 0.1) is 11.7 Å². The highest BCUT2D eigenvalue weighted by molar-refractivity contribution is 7.89. The summed E-state index contributed by atoms with van der Waals surface area (Å²) in [7, 11) is -3.12. The van der Waals surface area contributed by atoms with E-state index in [1.54, 1.807) is 4.31 Å². The summed E-state index contributed by atoms with van der Waals surface area (Å²) in [6, 6.07) is 0.0632. The number of nitrogens with zero attached hydrogens (tertiary/aromatic N) is 1. The number of nitrogens with one attached hydrogen (secondary N) is 1. The first-order chi connectivity index (χ1) is 10.8. The minimum atomic E-state index is -3.12. The third-order valence-electron chi connectivity index (χ3n) is 5.23. The second kappa shape index (κ2) is 8.83. The molecule has 0 bridgehead atoms. The monoisotopic (exact) mass is 381 g/mol. The highest BCUT2D eigenvalue weighted by atomic mass is 35.5. The van der Waals surface area contributed by atoms with Crippen molar-refractivity contribution in [1.29, 1.82) is 0 Å². The van der Waals surface area contributed by atoms with Crippen molar-refractivity contribution in [1.82, 2.24) is 9.62 Å². The first-order valence-corrected chi connectivity index (χ1v) is 10.4. The SMILES string of the molecule is CCCS(=O)(=O)N1CCC(NC(=O)C2CCCCC2(C)N)CC1.Cl. The summed E-state index contributed by atoms with van der Waals surface area (Å²) in [4.78, 5) is 12.5. The minimum absolute atomic E-state index is 0. The molecule has 8 heteroatoms. The Hall–Kier alpha value is -0.370. The average molecular weight is 382 g/mol. The molecule has 2 atom stereocenters. The third kappa shape index (κ3) is 5.31. The molecule has 1 saturated carbocycles. The van der Waals surface area contributed by atoms with Gasteiger partial charge in [0.25, 0.3) is 0 Å². The van der Waals surface area contributed by atoms with Gasteiger partial charge >= 0.3 is 0 Å². The summed E-state index contributed by atoms with van der Waals surface area (Å²) in [5.41, 5.74) is 5.87. The van der Waals surface area contributed by atoms with Crippen molar-refractivity contribution in [2.45, 2.75) is 70.4 Å².